The highest BCUT2D eigenvalue weighted by Crippen LogP contribution is 2.31. The van der Waals surface area contributed by atoms with Crippen LogP contribution in [0.1, 0.15) is 63.0 Å². The van der Waals surface area contributed by atoms with Gasteiger partial charge in [0, 0.05) is 31.5 Å². The van der Waals surface area contributed by atoms with E-state index >= 15 is 0 Å². The maximum atomic E-state index is 13.4. The van der Waals surface area contributed by atoms with Gasteiger partial charge in [0.25, 0.3) is 0 Å². The Morgan fingerprint density at radius 1 is 1.00 bits per heavy atom. The van der Waals surface area contributed by atoms with E-state index < -0.39 is 0 Å². The minimum Gasteiger partial charge on any atom is -0.356 e. The molecule has 1 aliphatic rings. The predicted octanol–water partition coefficient (Wildman–Crippen LogP) is 4.75. The normalized spacial score (nSPS) is 19.0. The number of benzene rings is 2. The van der Waals surface area contributed by atoms with Gasteiger partial charge in [0.1, 0.15) is 0 Å². The Morgan fingerprint density at radius 3 is 2.17 bits per heavy atom. The molecular weight excluding hydrogens is 372 g/mol. The van der Waals surface area contributed by atoms with E-state index in [1.165, 1.54) is 0 Å². The van der Waals surface area contributed by atoms with E-state index in [0.29, 0.717) is 13.0 Å². The van der Waals surface area contributed by atoms with Crippen molar-refractivity contribution in [2.75, 3.05) is 13.1 Å². The number of carbonyl (C=O) groups excluding carboxylic acids is 2. The number of carbonyl (C=O) groups is 2. The van der Waals surface area contributed by atoms with Gasteiger partial charge < -0.3 is 10.2 Å². The van der Waals surface area contributed by atoms with Crippen LogP contribution in [-0.2, 0) is 9.59 Å². The summed E-state index contributed by atoms with van der Waals surface area (Å²) < 4.78 is 0. The minimum absolute atomic E-state index is 0.0193. The molecule has 2 aromatic carbocycles. The quantitative estimate of drug-likeness (QED) is 0.643. The standard InChI is InChI=1S/C26H34N2O2/c1-3-4-17-27-26(30)23-16-15-20(2)28(19-23)25(29)18-24(21-11-7-5-8-12-21)22-13-9-6-10-14-22/h5-14,20,23-24H,3-4,15-19H2,1-2H3,(H,27,30). The molecule has 1 saturated heterocycles. The molecule has 4 heteroatoms. The van der Waals surface area contributed by atoms with Crippen LogP contribution >= 0.6 is 0 Å². The summed E-state index contributed by atoms with van der Waals surface area (Å²) in [6, 6.07) is 20.6. The van der Waals surface area contributed by atoms with E-state index in [2.05, 4.69) is 43.4 Å². The Labute approximate surface area is 180 Å². The van der Waals surface area contributed by atoms with Crippen LogP contribution in [0.15, 0.2) is 60.7 Å². The van der Waals surface area contributed by atoms with E-state index in [4.69, 9.17) is 0 Å². The third kappa shape index (κ3) is 5.71. The average Bonchev–Trinajstić information content (AvgIpc) is 2.79. The molecule has 2 amide bonds. The second-order valence-electron chi connectivity index (χ2n) is 8.39. The first-order chi connectivity index (χ1) is 14.6. The maximum Gasteiger partial charge on any atom is 0.224 e. The van der Waals surface area contributed by atoms with Gasteiger partial charge in [0.2, 0.25) is 11.8 Å². The highest BCUT2D eigenvalue weighted by Gasteiger charge is 2.33. The fourth-order valence-corrected chi connectivity index (χ4v) is 4.29. The van der Waals surface area contributed by atoms with Crippen LogP contribution in [-0.4, -0.2) is 35.8 Å². The van der Waals surface area contributed by atoms with Gasteiger partial charge in [-0.2, -0.15) is 0 Å². The molecular formula is C26H34N2O2. The Bertz CT molecular complexity index is 767. The molecule has 0 saturated carbocycles. The number of unbranched alkanes of at least 4 members (excludes halogenated alkanes) is 1. The Morgan fingerprint density at radius 2 is 1.60 bits per heavy atom. The van der Waals surface area contributed by atoms with Crippen molar-refractivity contribution >= 4 is 11.8 Å². The van der Waals surface area contributed by atoms with Crippen molar-refractivity contribution in [1.29, 1.82) is 0 Å². The zero-order chi connectivity index (χ0) is 21.3. The molecule has 160 valence electrons. The lowest BCUT2D eigenvalue weighted by molar-refractivity contribution is -0.138. The van der Waals surface area contributed by atoms with E-state index in [1.54, 1.807) is 0 Å². The second kappa shape index (κ2) is 11.0. The molecule has 2 unspecified atom stereocenters. The van der Waals surface area contributed by atoms with Gasteiger partial charge in [-0.25, -0.2) is 0 Å². The number of hydrogen-bond donors (Lipinski definition) is 1. The van der Waals surface area contributed by atoms with Gasteiger partial charge in [-0.1, -0.05) is 74.0 Å². The molecule has 3 rings (SSSR count). The molecule has 2 aromatic rings. The van der Waals surface area contributed by atoms with Crippen molar-refractivity contribution in [3.05, 3.63) is 71.8 Å². The van der Waals surface area contributed by atoms with Crippen molar-refractivity contribution in [3.8, 4) is 0 Å². The van der Waals surface area contributed by atoms with Crippen LogP contribution in [0.25, 0.3) is 0 Å². The molecule has 0 spiro atoms. The molecule has 1 aliphatic heterocycles. The summed E-state index contributed by atoms with van der Waals surface area (Å²) in [4.78, 5) is 27.9. The molecule has 2 atom stereocenters. The van der Waals surface area contributed by atoms with Crippen LogP contribution in [0.5, 0.6) is 0 Å². The smallest absolute Gasteiger partial charge is 0.224 e. The fraction of sp³-hybridized carbons (Fsp3) is 0.462. The minimum atomic E-state index is -0.103. The Kier molecular flexibility index (Phi) is 8.06. The van der Waals surface area contributed by atoms with Crippen LogP contribution in [0.2, 0.25) is 0 Å². The van der Waals surface area contributed by atoms with Gasteiger partial charge in [0.15, 0.2) is 0 Å². The lowest BCUT2D eigenvalue weighted by Crippen LogP contribution is -2.49. The van der Waals surface area contributed by atoms with Gasteiger partial charge in [-0.15, -0.1) is 0 Å². The van der Waals surface area contributed by atoms with Gasteiger partial charge in [0.05, 0.1) is 5.92 Å². The SMILES string of the molecule is CCCCNC(=O)C1CCC(C)N(C(=O)CC(c2ccccc2)c2ccccc2)C1. The predicted molar refractivity (Wildman–Crippen MR) is 121 cm³/mol. The number of likely N-dealkylation sites (tertiary alicyclic amines) is 1. The van der Waals surface area contributed by atoms with E-state index in [0.717, 1.165) is 43.4 Å². The van der Waals surface area contributed by atoms with Crippen LogP contribution in [0, 0.1) is 5.92 Å². The second-order valence-corrected chi connectivity index (χ2v) is 8.39. The van der Waals surface area contributed by atoms with Crippen LogP contribution < -0.4 is 5.32 Å². The molecule has 4 nitrogen and oxygen atoms in total. The van der Waals surface area contributed by atoms with Crippen LogP contribution in [0.3, 0.4) is 0 Å². The number of piperidine rings is 1. The topological polar surface area (TPSA) is 49.4 Å². The third-order valence-corrected chi connectivity index (χ3v) is 6.19. The van der Waals surface area contributed by atoms with E-state index in [1.807, 2.05) is 41.3 Å². The maximum absolute atomic E-state index is 13.4. The Balaban J connectivity index is 1.72. The summed E-state index contributed by atoms with van der Waals surface area (Å²) in [7, 11) is 0. The number of rotatable bonds is 8. The van der Waals surface area contributed by atoms with Crippen molar-refractivity contribution in [1.82, 2.24) is 10.2 Å². The first-order valence-electron chi connectivity index (χ1n) is 11.3. The van der Waals surface area contributed by atoms with Crippen LogP contribution in [0.4, 0.5) is 0 Å². The molecule has 1 heterocycles. The summed E-state index contributed by atoms with van der Waals surface area (Å²) in [5.41, 5.74) is 2.30. The molecule has 30 heavy (non-hydrogen) atoms. The lowest BCUT2D eigenvalue weighted by Gasteiger charge is -2.38. The van der Waals surface area contributed by atoms with Gasteiger partial charge in [-0.3, -0.25) is 9.59 Å². The fourth-order valence-electron chi connectivity index (χ4n) is 4.29. The number of nitrogens with zero attached hydrogens (tertiary/aromatic N) is 1. The molecule has 0 radical (unpaired) electrons. The summed E-state index contributed by atoms with van der Waals surface area (Å²) in [6.07, 6.45) is 4.20. The largest absolute Gasteiger partial charge is 0.356 e. The average molecular weight is 407 g/mol. The van der Waals surface area contributed by atoms with Crippen molar-refractivity contribution in [2.24, 2.45) is 5.92 Å². The first-order valence-corrected chi connectivity index (χ1v) is 11.3. The highest BCUT2D eigenvalue weighted by atomic mass is 16.2. The number of amides is 2. The lowest BCUT2D eigenvalue weighted by atomic mass is 9.86. The van der Waals surface area contributed by atoms with Crippen molar-refractivity contribution in [3.63, 3.8) is 0 Å². The van der Waals surface area contributed by atoms with Crippen molar-refractivity contribution < 1.29 is 9.59 Å². The number of nitrogens with one attached hydrogen (secondary N) is 1. The zero-order valence-corrected chi connectivity index (χ0v) is 18.2. The third-order valence-electron chi connectivity index (χ3n) is 6.19. The zero-order valence-electron chi connectivity index (χ0n) is 18.2. The van der Waals surface area contributed by atoms with Gasteiger partial charge in [-0.05, 0) is 37.3 Å². The summed E-state index contributed by atoms with van der Waals surface area (Å²) in [5.74, 6) is 0.141. The van der Waals surface area contributed by atoms with E-state index in [9.17, 15) is 9.59 Å². The molecule has 1 N–H and O–H groups in total. The molecule has 1 fully saturated rings. The first kappa shape index (κ1) is 22.1. The van der Waals surface area contributed by atoms with Crippen molar-refractivity contribution in [2.45, 2.75) is 57.9 Å². The van der Waals surface area contributed by atoms with Gasteiger partial charge >= 0.3 is 0 Å². The summed E-state index contributed by atoms with van der Waals surface area (Å²) in [6.45, 7) is 5.46. The summed E-state index contributed by atoms with van der Waals surface area (Å²) >= 11 is 0. The highest BCUT2D eigenvalue weighted by molar-refractivity contribution is 5.82. The summed E-state index contributed by atoms with van der Waals surface area (Å²) in [5, 5.41) is 3.04. The molecule has 0 aromatic heterocycles. The molecule has 0 aliphatic carbocycles. The monoisotopic (exact) mass is 406 g/mol. The Hall–Kier alpha value is -2.62. The molecule has 0 bridgehead atoms. The van der Waals surface area contributed by atoms with E-state index in [-0.39, 0.29) is 29.7 Å². The number of hydrogen-bond acceptors (Lipinski definition) is 2.